The molecule has 4 heteroatoms. The number of hydrogen-bond acceptors (Lipinski definition) is 4. The second-order valence-electron chi connectivity index (χ2n) is 4.40. The number of aliphatic hydroxyl groups excluding tert-OH is 1. The summed E-state index contributed by atoms with van der Waals surface area (Å²) in [5, 5.41) is 9.86. The van der Waals surface area contributed by atoms with Crippen molar-refractivity contribution in [1.29, 1.82) is 0 Å². The van der Waals surface area contributed by atoms with E-state index < -0.39 is 6.10 Å². The van der Waals surface area contributed by atoms with Gasteiger partial charge in [-0.15, -0.1) is 12.2 Å². The van der Waals surface area contributed by atoms with Gasteiger partial charge in [0.15, 0.2) is 0 Å². The van der Waals surface area contributed by atoms with Gasteiger partial charge >= 0.3 is 5.97 Å². The molecule has 4 nitrogen and oxygen atoms in total. The molecule has 2 saturated heterocycles. The fourth-order valence-corrected chi connectivity index (χ4v) is 1.84. The zero-order valence-corrected chi connectivity index (χ0v) is 10.8. The van der Waals surface area contributed by atoms with Crippen molar-refractivity contribution in [3.05, 3.63) is 30.0 Å². The van der Waals surface area contributed by atoms with Gasteiger partial charge in [0.2, 0.25) is 0 Å². The standard InChI is InChI=1S/C16H14O4/c1-2-3-4-5-6-7-14-16(20-14)13(17)10-8-12-9-11-15(18)19-12/h1,5,7-8,10,12-14,16-17H,9,11H2/b10-8-/t6?,12-,13-,14+,16+/m0/s1. The molecule has 0 aromatic heterocycles. The second-order valence-corrected chi connectivity index (χ2v) is 4.40. The molecule has 2 fully saturated rings. The predicted molar refractivity (Wildman–Crippen MR) is 72.2 cm³/mol. The Morgan fingerprint density at radius 2 is 2.35 bits per heavy atom. The van der Waals surface area contributed by atoms with E-state index >= 15 is 0 Å². The van der Waals surface area contributed by atoms with Gasteiger partial charge in [-0.05, 0) is 30.4 Å². The summed E-state index contributed by atoms with van der Waals surface area (Å²) in [6.07, 6.45) is 11.1. The van der Waals surface area contributed by atoms with Gasteiger partial charge in [-0.1, -0.05) is 12.0 Å². The summed E-state index contributed by atoms with van der Waals surface area (Å²) >= 11 is 0. The molecule has 0 aliphatic carbocycles. The Balaban J connectivity index is 1.77. The van der Waals surface area contributed by atoms with E-state index in [1.54, 1.807) is 18.2 Å². The van der Waals surface area contributed by atoms with Crippen molar-refractivity contribution >= 4 is 5.97 Å². The number of carbonyl (C=O) groups excluding carboxylic acids is 1. The maximum absolute atomic E-state index is 10.9. The number of terminal acetylenes is 1. The third-order valence-electron chi connectivity index (χ3n) is 2.90. The Bertz CT molecular complexity index is 564. The molecular weight excluding hydrogens is 256 g/mol. The summed E-state index contributed by atoms with van der Waals surface area (Å²) in [6, 6.07) is 0. The van der Waals surface area contributed by atoms with Crippen LogP contribution in [-0.2, 0) is 14.3 Å². The van der Waals surface area contributed by atoms with E-state index in [0.29, 0.717) is 12.8 Å². The lowest BCUT2D eigenvalue weighted by Gasteiger charge is -2.04. The number of aliphatic hydroxyl groups is 1. The molecule has 20 heavy (non-hydrogen) atoms. The molecule has 2 heterocycles. The Labute approximate surface area is 117 Å². The summed E-state index contributed by atoms with van der Waals surface area (Å²) in [4.78, 5) is 10.9. The van der Waals surface area contributed by atoms with Crippen LogP contribution in [0.5, 0.6) is 0 Å². The van der Waals surface area contributed by atoms with E-state index in [9.17, 15) is 9.90 Å². The van der Waals surface area contributed by atoms with Crippen LogP contribution >= 0.6 is 0 Å². The third kappa shape index (κ3) is 4.16. The second kappa shape index (κ2) is 6.80. The number of ether oxygens (including phenoxy) is 2. The molecule has 0 unspecified atom stereocenters. The summed E-state index contributed by atoms with van der Waals surface area (Å²) in [6.45, 7) is 0. The van der Waals surface area contributed by atoms with Gasteiger partial charge in [-0.3, -0.25) is 4.79 Å². The first-order valence-electron chi connectivity index (χ1n) is 6.29. The molecule has 2 aliphatic heterocycles. The van der Waals surface area contributed by atoms with E-state index in [1.807, 2.05) is 0 Å². The molecular formula is C16H14O4. The van der Waals surface area contributed by atoms with E-state index in [0.717, 1.165) is 0 Å². The molecule has 0 aromatic rings. The first kappa shape index (κ1) is 14.2. The summed E-state index contributed by atoms with van der Waals surface area (Å²) in [5.74, 6) is 7.01. The molecule has 2 aliphatic rings. The lowest BCUT2D eigenvalue weighted by Crippen LogP contribution is -2.14. The fourth-order valence-electron chi connectivity index (χ4n) is 1.84. The predicted octanol–water partition coefficient (Wildman–Crippen LogP) is 0.724. The third-order valence-corrected chi connectivity index (χ3v) is 2.90. The Hall–Kier alpha value is -2.23. The molecule has 0 amide bonds. The molecule has 0 saturated carbocycles. The average molecular weight is 270 g/mol. The van der Waals surface area contributed by atoms with Crippen molar-refractivity contribution < 1.29 is 19.4 Å². The van der Waals surface area contributed by atoms with Crippen molar-refractivity contribution in [3.8, 4) is 24.2 Å². The Morgan fingerprint density at radius 1 is 1.50 bits per heavy atom. The normalized spacial score (nSPS) is 28.6. The number of esters is 1. The minimum atomic E-state index is -0.728. The maximum atomic E-state index is 10.9. The molecule has 0 radical (unpaired) electrons. The van der Waals surface area contributed by atoms with Crippen molar-refractivity contribution in [1.82, 2.24) is 0 Å². The SMILES string of the molecule is C#CC#CC=C=C[C@H]1O[C@@H]1[C@@H](O)/C=C\[C@H]1CCC(=O)O1. The first-order valence-corrected chi connectivity index (χ1v) is 6.29. The quantitative estimate of drug-likeness (QED) is 0.269. The van der Waals surface area contributed by atoms with Gasteiger partial charge in [0.1, 0.15) is 24.4 Å². The van der Waals surface area contributed by atoms with Crippen molar-refractivity contribution in [3.63, 3.8) is 0 Å². The van der Waals surface area contributed by atoms with Gasteiger partial charge in [0.05, 0.1) is 0 Å². The van der Waals surface area contributed by atoms with E-state index in [4.69, 9.17) is 15.9 Å². The molecule has 1 N–H and O–H groups in total. The van der Waals surface area contributed by atoms with Crippen LogP contribution in [0.4, 0.5) is 0 Å². The molecule has 4 atom stereocenters. The van der Waals surface area contributed by atoms with E-state index in [-0.39, 0.29) is 24.3 Å². The van der Waals surface area contributed by atoms with Crippen LogP contribution in [0.3, 0.4) is 0 Å². The highest BCUT2D eigenvalue weighted by Gasteiger charge is 2.41. The Morgan fingerprint density at radius 3 is 3.05 bits per heavy atom. The lowest BCUT2D eigenvalue weighted by atomic mass is 10.1. The topological polar surface area (TPSA) is 59.1 Å². The van der Waals surface area contributed by atoms with Gasteiger partial charge < -0.3 is 14.6 Å². The largest absolute Gasteiger partial charge is 0.458 e. The molecule has 2 rings (SSSR count). The molecule has 102 valence electrons. The van der Waals surface area contributed by atoms with Crippen molar-refractivity contribution in [2.75, 3.05) is 0 Å². The summed E-state index contributed by atoms with van der Waals surface area (Å²) in [5.41, 5.74) is 2.82. The summed E-state index contributed by atoms with van der Waals surface area (Å²) in [7, 11) is 0. The van der Waals surface area contributed by atoms with Gasteiger partial charge in [0, 0.05) is 12.5 Å². The van der Waals surface area contributed by atoms with Crippen LogP contribution in [-0.4, -0.2) is 35.5 Å². The number of carbonyl (C=O) groups is 1. The fraction of sp³-hybridized carbons (Fsp3) is 0.375. The number of hydrogen-bond donors (Lipinski definition) is 1. The first-order chi connectivity index (χ1) is 9.70. The monoisotopic (exact) mass is 270 g/mol. The lowest BCUT2D eigenvalue weighted by molar-refractivity contribution is -0.140. The van der Waals surface area contributed by atoms with Crippen LogP contribution < -0.4 is 0 Å². The molecule has 0 bridgehead atoms. The molecule has 0 spiro atoms. The van der Waals surface area contributed by atoms with E-state index in [2.05, 4.69) is 23.5 Å². The van der Waals surface area contributed by atoms with Crippen LogP contribution in [0.2, 0.25) is 0 Å². The number of rotatable bonds is 4. The maximum Gasteiger partial charge on any atom is 0.306 e. The van der Waals surface area contributed by atoms with Crippen molar-refractivity contribution in [2.45, 2.75) is 37.3 Å². The summed E-state index contributed by atoms with van der Waals surface area (Å²) < 4.78 is 10.3. The van der Waals surface area contributed by atoms with Crippen LogP contribution in [0.15, 0.2) is 30.0 Å². The minimum absolute atomic E-state index is 0.176. The van der Waals surface area contributed by atoms with Crippen LogP contribution in [0.25, 0.3) is 0 Å². The zero-order valence-electron chi connectivity index (χ0n) is 10.8. The zero-order chi connectivity index (χ0) is 14.4. The minimum Gasteiger partial charge on any atom is -0.458 e. The van der Waals surface area contributed by atoms with Crippen molar-refractivity contribution in [2.24, 2.45) is 0 Å². The smallest absolute Gasteiger partial charge is 0.306 e. The van der Waals surface area contributed by atoms with Crippen LogP contribution in [0.1, 0.15) is 12.8 Å². The van der Waals surface area contributed by atoms with Gasteiger partial charge in [0.25, 0.3) is 0 Å². The number of cyclic esters (lactones) is 1. The average Bonchev–Trinajstić information content (AvgIpc) is 3.10. The van der Waals surface area contributed by atoms with E-state index in [1.165, 1.54) is 6.08 Å². The Kier molecular flexibility index (Phi) is 4.82. The highest BCUT2D eigenvalue weighted by Crippen LogP contribution is 2.27. The highest BCUT2D eigenvalue weighted by atomic mass is 16.6. The van der Waals surface area contributed by atoms with Crippen LogP contribution in [0, 0.1) is 24.2 Å². The van der Waals surface area contributed by atoms with Gasteiger partial charge in [-0.2, -0.15) is 0 Å². The molecule has 0 aromatic carbocycles. The number of epoxide rings is 1. The highest BCUT2D eigenvalue weighted by molar-refractivity contribution is 5.71. The van der Waals surface area contributed by atoms with Gasteiger partial charge in [-0.25, -0.2) is 0 Å².